The quantitative estimate of drug-likeness (QED) is 0.748. The highest BCUT2D eigenvalue weighted by Crippen LogP contribution is 2.36. The maximum absolute atomic E-state index is 13.6. The van der Waals surface area contributed by atoms with E-state index in [4.69, 9.17) is 25.8 Å². The summed E-state index contributed by atoms with van der Waals surface area (Å²) in [4.78, 5) is 24.5. The van der Waals surface area contributed by atoms with Gasteiger partial charge in [0.1, 0.15) is 5.82 Å². The van der Waals surface area contributed by atoms with Gasteiger partial charge in [-0.1, -0.05) is 17.7 Å². The number of halogens is 2. The summed E-state index contributed by atoms with van der Waals surface area (Å²) in [6, 6.07) is 7.03. The molecule has 27 heavy (non-hydrogen) atoms. The van der Waals surface area contributed by atoms with Crippen molar-refractivity contribution >= 4 is 29.2 Å². The molecule has 0 bridgehead atoms. The van der Waals surface area contributed by atoms with Gasteiger partial charge in [-0.05, 0) is 43.7 Å². The molecule has 1 N–H and O–H groups in total. The molecule has 0 radical (unpaired) electrons. The Balaban J connectivity index is 2.09. The van der Waals surface area contributed by atoms with Crippen molar-refractivity contribution in [2.24, 2.45) is 0 Å². The molecule has 0 aliphatic carbocycles. The molecule has 0 aromatic heterocycles. The number of carbonyl (C=O) groups is 2. The van der Waals surface area contributed by atoms with Crippen LogP contribution in [0, 0.1) is 12.7 Å². The lowest BCUT2D eigenvalue weighted by atomic mass is 10.2. The highest BCUT2D eigenvalue weighted by Gasteiger charge is 2.22. The molecule has 6 nitrogen and oxygen atoms in total. The second kappa shape index (κ2) is 8.73. The first-order chi connectivity index (χ1) is 12.8. The summed E-state index contributed by atoms with van der Waals surface area (Å²) in [5.74, 6) is -1.28. The number of ether oxygens (including phenoxy) is 3. The lowest BCUT2D eigenvalue weighted by Gasteiger charge is -2.15. The number of benzene rings is 2. The Labute approximate surface area is 161 Å². The fourth-order valence-electron chi connectivity index (χ4n) is 2.23. The van der Waals surface area contributed by atoms with Crippen molar-refractivity contribution in [3.05, 3.63) is 52.3 Å². The molecular formula is C19H19ClFNO5. The summed E-state index contributed by atoms with van der Waals surface area (Å²) in [5, 5.41) is 2.65. The molecular weight excluding hydrogens is 377 g/mol. The maximum Gasteiger partial charge on any atom is 0.339 e. The van der Waals surface area contributed by atoms with Crippen molar-refractivity contribution in [3.8, 4) is 11.5 Å². The van der Waals surface area contributed by atoms with E-state index in [1.54, 1.807) is 13.0 Å². The van der Waals surface area contributed by atoms with Crippen molar-refractivity contribution in [3.63, 3.8) is 0 Å². The molecule has 0 saturated carbocycles. The molecule has 1 atom stereocenters. The summed E-state index contributed by atoms with van der Waals surface area (Å²) >= 11 is 6.06. The van der Waals surface area contributed by atoms with Gasteiger partial charge in [-0.3, -0.25) is 4.79 Å². The Kier molecular flexibility index (Phi) is 6.63. The van der Waals surface area contributed by atoms with Crippen molar-refractivity contribution in [2.75, 3.05) is 19.5 Å². The fraction of sp³-hybridized carbons (Fsp3) is 0.263. The predicted molar refractivity (Wildman–Crippen MR) is 99.2 cm³/mol. The molecule has 144 valence electrons. The van der Waals surface area contributed by atoms with Crippen LogP contribution in [0.1, 0.15) is 22.8 Å². The predicted octanol–water partition coefficient (Wildman–Crippen LogP) is 3.99. The Hall–Kier alpha value is -2.80. The van der Waals surface area contributed by atoms with Crippen molar-refractivity contribution in [2.45, 2.75) is 20.0 Å². The topological polar surface area (TPSA) is 73.9 Å². The van der Waals surface area contributed by atoms with E-state index in [-0.39, 0.29) is 27.8 Å². The molecule has 0 aliphatic heterocycles. The highest BCUT2D eigenvalue weighted by atomic mass is 35.5. The molecule has 1 amide bonds. The van der Waals surface area contributed by atoms with Gasteiger partial charge in [0.25, 0.3) is 5.91 Å². The maximum atomic E-state index is 13.6. The molecule has 0 aliphatic rings. The molecule has 2 rings (SSSR count). The van der Waals surface area contributed by atoms with Gasteiger partial charge in [0, 0.05) is 5.69 Å². The number of hydrogen-bond donors (Lipinski definition) is 1. The summed E-state index contributed by atoms with van der Waals surface area (Å²) < 4.78 is 28.9. The van der Waals surface area contributed by atoms with Gasteiger partial charge in [0.05, 0.1) is 24.8 Å². The van der Waals surface area contributed by atoms with Crippen LogP contribution < -0.4 is 14.8 Å². The van der Waals surface area contributed by atoms with Crippen molar-refractivity contribution < 1.29 is 28.2 Å². The first-order valence-electron chi connectivity index (χ1n) is 7.96. The molecule has 0 fully saturated rings. The molecule has 8 heteroatoms. The average molecular weight is 396 g/mol. The van der Waals surface area contributed by atoms with E-state index >= 15 is 0 Å². The van der Waals surface area contributed by atoms with E-state index < -0.39 is 23.8 Å². The van der Waals surface area contributed by atoms with Crippen LogP contribution in [-0.2, 0) is 9.53 Å². The largest absolute Gasteiger partial charge is 0.493 e. The second-order valence-corrected chi connectivity index (χ2v) is 6.10. The fourth-order valence-corrected chi connectivity index (χ4v) is 2.52. The number of anilines is 1. The third-order valence-corrected chi connectivity index (χ3v) is 4.04. The van der Waals surface area contributed by atoms with E-state index in [1.165, 1.54) is 45.4 Å². The zero-order valence-corrected chi connectivity index (χ0v) is 16.0. The number of methoxy groups -OCH3 is 2. The first-order valence-corrected chi connectivity index (χ1v) is 8.34. The van der Waals surface area contributed by atoms with Crippen LogP contribution in [0.25, 0.3) is 0 Å². The van der Waals surface area contributed by atoms with E-state index in [0.29, 0.717) is 5.56 Å². The lowest BCUT2D eigenvalue weighted by molar-refractivity contribution is -0.123. The van der Waals surface area contributed by atoms with Crippen LogP contribution in [0.3, 0.4) is 0 Å². The smallest absolute Gasteiger partial charge is 0.339 e. The summed E-state index contributed by atoms with van der Waals surface area (Å²) in [7, 11) is 2.82. The SMILES string of the molecule is COc1cc(C(=O)O[C@@H](C)C(=O)Nc2ccc(C)c(F)c2)cc(Cl)c1OC. The van der Waals surface area contributed by atoms with Gasteiger partial charge in [0.2, 0.25) is 0 Å². The minimum Gasteiger partial charge on any atom is -0.493 e. The summed E-state index contributed by atoms with van der Waals surface area (Å²) in [6.07, 6.45) is -1.12. The number of amides is 1. The first kappa shape index (κ1) is 20.5. The van der Waals surface area contributed by atoms with Gasteiger partial charge in [0.15, 0.2) is 17.6 Å². The van der Waals surface area contributed by atoms with Crippen LogP contribution in [0.2, 0.25) is 5.02 Å². The Morgan fingerprint density at radius 1 is 1.15 bits per heavy atom. The number of hydrogen-bond acceptors (Lipinski definition) is 5. The lowest BCUT2D eigenvalue weighted by Crippen LogP contribution is -2.30. The van der Waals surface area contributed by atoms with Crippen LogP contribution in [0.15, 0.2) is 30.3 Å². The van der Waals surface area contributed by atoms with Gasteiger partial charge >= 0.3 is 5.97 Å². The average Bonchev–Trinajstić information content (AvgIpc) is 2.63. The monoisotopic (exact) mass is 395 g/mol. The number of nitrogens with one attached hydrogen (secondary N) is 1. The minimum absolute atomic E-state index is 0.0960. The molecule has 0 spiro atoms. The second-order valence-electron chi connectivity index (χ2n) is 5.69. The Morgan fingerprint density at radius 2 is 1.85 bits per heavy atom. The van der Waals surface area contributed by atoms with Gasteiger partial charge in [-0.2, -0.15) is 0 Å². The normalized spacial score (nSPS) is 11.5. The number of aryl methyl sites for hydroxylation is 1. The van der Waals surface area contributed by atoms with E-state index in [0.717, 1.165) is 0 Å². The zero-order chi connectivity index (χ0) is 20.1. The van der Waals surface area contributed by atoms with Crippen LogP contribution in [-0.4, -0.2) is 32.2 Å². The van der Waals surface area contributed by atoms with E-state index in [1.807, 2.05) is 0 Å². The number of carbonyl (C=O) groups excluding carboxylic acids is 2. The molecule has 0 saturated heterocycles. The van der Waals surface area contributed by atoms with E-state index in [9.17, 15) is 14.0 Å². The molecule has 2 aromatic carbocycles. The van der Waals surface area contributed by atoms with E-state index in [2.05, 4.69) is 5.32 Å². The highest BCUT2D eigenvalue weighted by molar-refractivity contribution is 6.32. The van der Waals surface area contributed by atoms with Crippen LogP contribution in [0.4, 0.5) is 10.1 Å². The molecule has 2 aromatic rings. The molecule has 0 heterocycles. The van der Waals surface area contributed by atoms with Crippen LogP contribution in [0.5, 0.6) is 11.5 Å². The standard InChI is InChI=1S/C19H19ClFNO5/c1-10-5-6-13(9-15(10)21)22-18(23)11(2)27-19(24)12-7-14(20)17(26-4)16(8-12)25-3/h5-9,11H,1-4H3,(H,22,23)/t11-/m0/s1. The number of esters is 1. The zero-order valence-electron chi connectivity index (χ0n) is 15.3. The van der Waals surface area contributed by atoms with Gasteiger partial charge < -0.3 is 19.5 Å². The third kappa shape index (κ3) is 4.89. The third-order valence-electron chi connectivity index (χ3n) is 3.76. The number of rotatable bonds is 6. The molecule has 0 unspecified atom stereocenters. The Bertz CT molecular complexity index is 871. The minimum atomic E-state index is -1.12. The van der Waals surface area contributed by atoms with Crippen molar-refractivity contribution in [1.29, 1.82) is 0 Å². The Morgan fingerprint density at radius 3 is 2.44 bits per heavy atom. The summed E-state index contributed by atoms with van der Waals surface area (Å²) in [6.45, 7) is 3.01. The van der Waals surface area contributed by atoms with Gasteiger partial charge in [-0.25, -0.2) is 9.18 Å². The summed E-state index contributed by atoms with van der Waals surface area (Å²) in [5.41, 5.74) is 0.816. The van der Waals surface area contributed by atoms with Gasteiger partial charge in [-0.15, -0.1) is 0 Å². The van der Waals surface area contributed by atoms with Crippen LogP contribution >= 0.6 is 11.6 Å². The van der Waals surface area contributed by atoms with Crippen molar-refractivity contribution in [1.82, 2.24) is 0 Å².